The van der Waals surface area contributed by atoms with Crippen LogP contribution in [0, 0.1) is 33.5 Å². The number of nitrogens with zero attached hydrogens (tertiary/aromatic N) is 3. The number of aliphatic imine (C=N–C) groups is 1. The Labute approximate surface area is 145 Å². The van der Waals surface area contributed by atoms with Gasteiger partial charge in [0.25, 0.3) is 5.91 Å². The van der Waals surface area contributed by atoms with Crippen LogP contribution in [0.2, 0.25) is 0 Å². The Bertz CT molecular complexity index is 839. The number of hydrogen-bond donors (Lipinski definition) is 1. The summed E-state index contributed by atoms with van der Waals surface area (Å²) in [4.78, 5) is 4.29. The van der Waals surface area contributed by atoms with Crippen LogP contribution >= 0.6 is 0 Å². The quantitative estimate of drug-likeness (QED) is 0.896. The van der Waals surface area contributed by atoms with Gasteiger partial charge in [-0.3, -0.25) is 0 Å². The number of benzene rings is 1. The van der Waals surface area contributed by atoms with Gasteiger partial charge in [0, 0.05) is 5.92 Å². The van der Waals surface area contributed by atoms with E-state index in [0.717, 1.165) is 11.3 Å². The summed E-state index contributed by atoms with van der Waals surface area (Å²) in [5, 5.41) is 20.0. The summed E-state index contributed by atoms with van der Waals surface area (Å²) in [7, 11) is 0. The lowest BCUT2D eigenvalue weighted by Gasteiger charge is -2.26. The highest BCUT2D eigenvalue weighted by Gasteiger charge is 2.94. The second-order valence-corrected chi connectivity index (χ2v) is 6.59. The lowest BCUT2D eigenvalue weighted by molar-refractivity contribution is -0.193. The molecule has 1 aliphatic carbocycles. The molecule has 0 amide bonds. The summed E-state index contributed by atoms with van der Waals surface area (Å²) < 4.78 is 17.1. The van der Waals surface area contributed by atoms with Crippen LogP contribution < -0.4 is 10.5 Å². The van der Waals surface area contributed by atoms with E-state index in [-0.39, 0.29) is 11.9 Å². The van der Waals surface area contributed by atoms with Gasteiger partial charge in [-0.05, 0) is 31.5 Å². The molecule has 0 aromatic heterocycles. The SMILES string of the molecule is CCOc1ccc([C@H]2[C@]3(C#N)[C@]4(N=C(N)[C@@]23C#N)OC[C@H](C)O4)cc1. The average molecular weight is 338 g/mol. The topological polar surface area (TPSA) is 114 Å². The number of amidine groups is 1. The summed E-state index contributed by atoms with van der Waals surface area (Å²) in [6, 6.07) is 11.9. The monoisotopic (exact) mass is 338 g/mol. The highest BCUT2D eigenvalue weighted by molar-refractivity contribution is 6.00. The van der Waals surface area contributed by atoms with E-state index in [4.69, 9.17) is 19.9 Å². The van der Waals surface area contributed by atoms with Crippen molar-refractivity contribution in [3.63, 3.8) is 0 Å². The first kappa shape index (κ1) is 15.9. The van der Waals surface area contributed by atoms with E-state index in [1.807, 2.05) is 38.1 Å². The third-order valence-electron chi connectivity index (χ3n) is 5.33. The Balaban J connectivity index is 1.81. The normalized spacial score (nSPS) is 40.9. The highest BCUT2D eigenvalue weighted by atomic mass is 16.8. The van der Waals surface area contributed by atoms with Gasteiger partial charge in [0.2, 0.25) is 0 Å². The van der Waals surface area contributed by atoms with Crippen molar-refractivity contribution in [2.45, 2.75) is 31.8 Å². The smallest absolute Gasteiger partial charge is 0.293 e. The largest absolute Gasteiger partial charge is 0.494 e. The molecular weight excluding hydrogens is 320 g/mol. The van der Waals surface area contributed by atoms with Crippen molar-refractivity contribution in [2.24, 2.45) is 21.6 Å². The molecule has 0 unspecified atom stereocenters. The van der Waals surface area contributed by atoms with Gasteiger partial charge in [-0.2, -0.15) is 10.5 Å². The zero-order valence-corrected chi connectivity index (χ0v) is 14.0. The summed E-state index contributed by atoms with van der Waals surface area (Å²) in [6.45, 7) is 4.62. The molecule has 2 aliphatic heterocycles. The average Bonchev–Trinajstić information content (AvgIpc) is 3.00. The fourth-order valence-electron chi connectivity index (χ4n) is 4.28. The highest BCUT2D eigenvalue weighted by Crippen LogP contribution is 2.82. The molecule has 2 heterocycles. The van der Waals surface area contributed by atoms with Crippen LogP contribution in [0.25, 0.3) is 0 Å². The van der Waals surface area contributed by atoms with Crippen molar-refractivity contribution in [2.75, 3.05) is 13.2 Å². The number of nitrogens with two attached hydrogens (primary N) is 1. The first-order chi connectivity index (χ1) is 12.0. The summed E-state index contributed by atoms with van der Waals surface area (Å²) >= 11 is 0. The number of nitriles is 2. The summed E-state index contributed by atoms with van der Waals surface area (Å²) in [5.41, 5.74) is 4.42. The molecular formula is C18H18N4O3. The summed E-state index contributed by atoms with van der Waals surface area (Å²) in [6.07, 6.45) is -0.224. The minimum Gasteiger partial charge on any atom is -0.494 e. The molecule has 1 spiro atoms. The van der Waals surface area contributed by atoms with Crippen molar-refractivity contribution in [3.05, 3.63) is 29.8 Å². The van der Waals surface area contributed by atoms with Crippen molar-refractivity contribution < 1.29 is 14.2 Å². The van der Waals surface area contributed by atoms with Crippen LogP contribution in [0.3, 0.4) is 0 Å². The van der Waals surface area contributed by atoms with Gasteiger partial charge in [-0.1, -0.05) is 12.1 Å². The van der Waals surface area contributed by atoms with Gasteiger partial charge >= 0.3 is 0 Å². The molecule has 7 heteroatoms. The molecule has 25 heavy (non-hydrogen) atoms. The van der Waals surface area contributed by atoms with E-state index >= 15 is 0 Å². The molecule has 1 saturated heterocycles. The molecule has 2 N–H and O–H groups in total. The van der Waals surface area contributed by atoms with Crippen LogP contribution in [-0.4, -0.2) is 31.1 Å². The number of ether oxygens (including phenoxy) is 3. The summed E-state index contributed by atoms with van der Waals surface area (Å²) in [5.74, 6) is -1.14. The van der Waals surface area contributed by atoms with E-state index in [0.29, 0.717) is 13.2 Å². The molecule has 7 nitrogen and oxygen atoms in total. The van der Waals surface area contributed by atoms with E-state index in [2.05, 4.69) is 17.1 Å². The number of hydrogen-bond acceptors (Lipinski definition) is 7. The zero-order chi connectivity index (χ0) is 17.9. The Morgan fingerprint density at radius 3 is 2.56 bits per heavy atom. The van der Waals surface area contributed by atoms with Gasteiger partial charge < -0.3 is 19.9 Å². The first-order valence-corrected chi connectivity index (χ1v) is 8.24. The fourth-order valence-corrected chi connectivity index (χ4v) is 4.28. The van der Waals surface area contributed by atoms with E-state index < -0.39 is 22.7 Å². The predicted octanol–water partition coefficient (Wildman–Crippen LogP) is 1.66. The Kier molecular flexibility index (Phi) is 3.15. The van der Waals surface area contributed by atoms with Crippen LogP contribution in [0.15, 0.2) is 29.3 Å². The van der Waals surface area contributed by atoms with Crippen LogP contribution in [0.4, 0.5) is 0 Å². The first-order valence-electron chi connectivity index (χ1n) is 8.24. The van der Waals surface area contributed by atoms with Gasteiger partial charge in [-0.25, -0.2) is 4.99 Å². The van der Waals surface area contributed by atoms with Crippen molar-refractivity contribution >= 4 is 5.84 Å². The zero-order valence-electron chi connectivity index (χ0n) is 14.0. The molecule has 5 atom stereocenters. The molecule has 0 radical (unpaired) electrons. The van der Waals surface area contributed by atoms with Crippen LogP contribution in [-0.2, 0) is 9.47 Å². The third kappa shape index (κ3) is 1.62. The number of rotatable bonds is 3. The van der Waals surface area contributed by atoms with E-state index in [1.165, 1.54) is 0 Å². The fraction of sp³-hybridized carbons (Fsp3) is 0.500. The van der Waals surface area contributed by atoms with Crippen molar-refractivity contribution in [3.8, 4) is 17.9 Å². The molecule has 3 aliphatic rings. The molecule has 2 fully saturated rings. The minimum absolute atomic E-state index is 0.101. The second-order valence-electron chi connectivity index (χ2n) is 6.59. The Morgan fingerprint density at radius 2 is 2.04 bits per heavy atom. The van der Waals surface area contributed by atoms with E-state index in [1.54, 1.807) is 0 Å². The lowest BCUT2D eigenvalue weighted by Crippen LogP contribution is -2.39. The molecule has 1 aromatic rings. The van der Waals surface area contributed by atoms with Gasteiger partial charge in [0.1, 0.15) is 17.0 Å². The third-order valence-corrected chi connectivity index (χ3v) is 5.33. The predicted molar refractivity (Wildman–Crippen MR) is 87.3 cm³/mol. The Morgan fingerprint density at radius 1 is 1.32 bits per heavy atom. The van der Waals surface area contributed by atoms with Crippen LogP contribution in [0.5, 0.6) is 5.75 Å². The van der Waals surface area contributed by atoms with Gasteiger partial charge in [0.15, 0.2) is 5.41 Å². The maximum absolute atomic E-state index is 10.0. The Hall–Kier alpha value is -2.61. The van der Waals surface area contributed by atoms with Crippen molar-refractivity contribution in [1.29, 1.82) is 10.5 Å². The van der Waals surface area contributed by atoms with Crippen LogP contribution in [0.1, 0.15) is 25.3 Å². The molecule has 128 valence electrons. The lowest BCUT2D eigenvalue weighted by atomic mass is 9.94. The maximum Gasteiger partial charge on any atom is 0.293 e. The maximum atomic E-state index is 10.0. The standard InChI is InChI=1S/C18H18N4O3/c1-3-23-13-6-4-12(5-7-13)14-16(9-19)15(21)22-18(17(14,16)10-20)24-8-11(2)25-18/h4-7,11,14H,3,8H2,1-2H3,(H2,21,22)/t11-,14+,16+,17-,18-/m0/s1. The molecule has 1 aromatic carbocycles. The van der Waals surface area contributed by atoms with Crippen molar-refractivity contribution in [1.82, 2.24) is 0 Å². The van der Waals surface area contributed by atoms with Gasteiger partial charge in [-0.15, -0.1) is 0 Å². The van der Waals surface area contributed by atoms with Gasteiger partial charge in [0.05, 0.1) is 31.5 Å². The second kappa shape index (κ2) is 4.95. The molecule has 4 rings (SSSR count). The van der Waals surface area contributed by atoms with E-state index in [9.17, 15) is 10.5 Å². The minimum atomic E-state index is -1.51. The molecule has 0 bridgehead atoms. The molecule has 1 saturated carbocycles. The number of fused-ring (bicyclic) bond motifs is 2.